The van der Waals surface area contributed by atoms with E-state index in [0.29, 0.717) is 5.56 Å². The highest BCUT2D eigenvalue weighted by Crippen LogP contribution is 2.30. The van der Waals surface area contributed by atoms with Crippen LogP contribution < -0.4 is 5.32 Å². The van der Waals surface area contributed by atoms with Crippen molar-refractivity contribution in [2.75, 3.05) is 6.54 Å². The van der Waals surface area contributed by atoms with Gasteiger partial charge in [0.1, 0.15) is 6.17 Å². The van der Waals surface area contributed by atoms with Gasteiger partial charge in [-0.05, 0) is 31.0 Å². The first-order valence-corrected chi connectivity index (χ1v) is 6.00. The summed E-state index contributed by atoms with van der Waals surface area (Å²) >= 11 is 0. The van der Waals surface area contributed by atoms with E-state index in [1.54, 1.807) is 0 Å². The van der Waals surface area contributed by atoms with Crippen LogP contribution in [0.1, 0.15) is 24.0 Å². The van der Waals surface area contributed by atoms with Gasteiger partial charge in [-0.15, -0.1) is 0 Å². The number of rotatable bonds is 3. The predicted octanol–water partition coefficient (Wildman–Crippen LogP) is 3.34. The number of halogens is 4. The lowest BCUT2D eigenvalue weighted by atomic mass is 10.0. The lowest BCUT2D eigenvalue weighted by Gasteiger charge is -2.16. The fourth-order valence-electron chi connectivity index (χ4n) is 2.26. The maximum atomic E-state index is 13.9. The molecule has 0 aromatic heterocycles. The van der Waals surface area contributed by atoms with E-state index in [1.165, 1.54) is 12.1 Å². The molecule has 1 aromatic rings. The van der Waals surface area contributed by atoms with E-state index in [9.17, 15) is 17.6 Å². The van der Waals surface area contributed by atoms with Crippen molar-refractivity contribution in [2.45, 2.75) is 37.7 Å². The smallest absolute Gasteiger partial charge is 0.311 e. The zero-order chi connectivity index (χ0) is 13.2. The Labute approximate surface area is 103 Å². The average molecular weight is 261 g/mol. The predicted molar refractivity (Wildman–Crippen MR) is 61.1 cm³/mol. The van der Waals surface area contributed by atoms with Crippen molar-refractivity contribution in [3.63, 3.8) is 0 Å². The summed E-state index contributed by atoms with van der Waals surface area (Å²) in [7, 11) is 0. The molecule has 1 aliphatic rings. The largest absolute Gasteiger partial charge is 0.416 e. The molecule has 0 radical (unpaired) electrons. The first kappa shape index (κ1) is 13.3. The van der Waals surface area contributed by atoms with Crippen molar-refractivity contribution in [3.05, 3.63) is 35.4 Å². The first-order chi connectivity index (χ1) is 8.47. The van der Waals surface area contributed by atoms with Gasteiger partial charge in [-0.3, -0.25) is 0 Å². The molecule has 0 aliphatic carbocycles. The molecule has 1 saturated heterocycles. The maximum Gasteiger partial charge on any atom is 0.416 e. The van der Waals surface area contributed by atoms with Crippen LogP contribution in [0.25, 0.3) is 0 Å². The molecule has 2 atom stereocenters. The van der Waals surface area contributed by atoms with Crippen LogP contribution in [0.4, 0.5) is 17.6 Å². The SMILES string of the molecule is FC(Cc1cccc(C(F)(F)F)c1)C1CCCN1. The molecule has 18 heavy (non-hydrogen) atoms. The minimum Gasteiger partial charge on any atom is -0.311 e. The molecular formula is C13H15F4N. The van der Waals surface area contributed by atoms with E-state index >= 15 is 0 Å². The summed E-state index contributed by atoms with van der Waals surface area (Å²) in [5.74, 6) is 0. The Kier molecular flexibility index (Phi) is 3.90. The summed E-state index contributed by atoms with van der Waals surface area (Å²) < 4.78 is 51.4. The Morgan fingerprint density at radius 2 is 2.11 bits per heavy atom. The molecule has 100 valence electrons. The second kappa shape index (κ2) is 5.26. The molecule has 0 bridgehead atoms. The molecule has 1 fully saturated rings. The summed E-state index contributed by atoms with van der Waals surface area (Å²) in [5.41, 5.74) is -0.322. The average Bonchev–Trinajstić information content (AvgIpc) is 2.81. The monoisotopic (exact) mass is 261 g/mol. The van der Waals surface area contributed by atoms with Crippen LogP contribution in [0.15, 0.2) is 24.3 Å². The number of hydrogen-bond acceptors (Lipinski definition) is 1. The lowest BCUT2D eigenvalue weighted by Crippen LogP contribution is -2.33. The summed E-state index contributed by atoms with van der Waals surface area (Å²) in [6, 6.07) is 4.68. The van der Waals surface area contributed by atoms with Crippen molar-refractivity contribution in [1.82, 2.24) is 5.32 Å². The van der Waals surface area contributed by atoms with Gasteiger partial charge in [-0.2, -0.15) is 13.2 Å². The van der Waals surface area contributed by atoms with Crippen LogP contribution in [-0.4, -0.2) is 18.8 Å². The highest BCUT2D eigenvalue weighted by atomic mass is 19.4. The van der Waals surface area contributed by atoms with Crippen LogP contribution in [0, 0.1) is 0 Å². The number of benzene rings is 1. The summed E-state index contributed by atoms with van der Waals surface area (Å²) in [4.78, 5) is 0. The van der Waals surface area contributed by atoms with Crippen molar-refractivity contribution in [1.29, 1.82) is 0 Å². The number of nitrogens with one attached hydrogen (secondary N) is 1. The van der Waals surface area contributed by atoms with Crippen LogP contribution in [0.2, 0.25) is 0 Å². The number of hydrogen-bond donors (Lipinski definition) is 1. The van der Waals surface area contributed by atoms with E-state index in [4.69, 9.17) is 0 Å². The van der Waals surface area contributed by atoms with Crippen molar-refractivity contribution in [3.8, 4) is 0 Å². The molecule has 0 saturated carbocycles. The molecular weight excluding hydrogens is 246 g/mol. The highest BCUT2D eigenvalue weighted by Gasteiger charge is 2.31. The Morgan fingerprint density at radius 3 is 2.72 bits per heavy atom. The van der Waals surface area contributed by atoms with Gasteiger partial charge >= 0.3 is 6.18 Å². The minimum atomic E-state index is -4.37. The minimum absolute atomic E-state index is 0.0294. The molecule has 5 heteroatoms. The van der Waals surface area contributed by atoms with E-state index in [2.05, 4.69) is 5.32 Å². The van der Waals surface area contributed by atoms with Crippen LogP contribution in [-0.2, 0) is 12.6 Å². The summed E-state index contributed by atoms with van der Waals surface area (Å²) in [5, 5.41) is 3.02. The fraction of sp³-hybridized carbons (Fsp3) is 0.538. The molecule has 1 aromatic carbocycles. The topological polar surface area (TPSA) is 12.0 Å². The standard InChI is InChI=1S/C13H15F4N/c14-11(12-5-2-6-18-12)8-9-3-1-4-10(7-9)13(15,16)17/h1,3-4,7,11-12,18H,2,5-6,8H2. The second-order valence-electron chi connectivity index (χ2n) is 4.62. The van der Waals surface area contributed by atoms with Crippen LogP contribution >= 0.6 is 0 Å². The zero-order valence-corrected chi connectivity index (χ0v) is 9.80. The molecule has 1 heterocycles. The van der Waals surface area contributed by atoms with E-state index in [-0.39, 0.29) is 12.5 Å². The Hall–Kier alpha value is -1.10. The van der Waals surface area contributed by atoms with Crippen LogP contribution in [0.3, 0.4) is 0 Å². The van der Waals surface area contributed by atoms with Gasteiger partial charge < -0.3 is 5.32 Å². The fourth-order valence-corrected chi connectivity index (χ4v) is 2.26. The van der Waals surface area contributed by atoms with Crippen molar-refractivity contribution in [2.24, 2.45) is 0 Å². The van der Waals surface area contributed by atoms with Gasteiger partial charge in [-0.1, -0.05) is 18.2 Å². The third-order valence-corrected chi connectivity index (χ3v) is 3.22. The third kappa shape index (κ3) is 3.22. The first-order valence-electron chi connectivity index (χ1n) is 6.00. The molecule has 1 N–H and O–H groups in total. The Balaban J connectivity index is 2.04. The maximum absolute atomic E-state index is 13.9. The van der Waals surface area contributed by atoms with Gasteiger partial charge in [0, 0.05) is 12.5 Å². The molecule has 0 spiro atoms. The summed E-state index contributed by atoms with van der Waals surface area (Å²) in [6.45, 7) is 0.785. The lowest BCUT2D eigenvalue weighted by molar-refractivity contribution is -0.137. The van der Waals surface area contributed by atoms with Gasteiger partial charge in [0.2, 0.25) is 0 Å². The Morgan fingerprint density at radius 1 is 1.33 bits per heavy atom. The van der Waals surface area contributed by atoms with Crippen molar-refractivity contribution < 1.29 is 17.6 Å². The van der Waals surface area contributed by atoms with Crippen molar-refractivity contribution >= 4 is 0 Å². The van der Waals surface area contributed by atoms with E-state index in [1.807, 2.05) is 0 Å². The van der Waals surface area contributed by atoms with Gasteiger partial charge in [0.05, 0.1) is 5.56 Å². The van der Waals surface area contributed by atoms with E-state index < -0.39 is 17.9 Å². The molecule has 0 amide bonds. The molecule has 1 aliphatic heterocycles. The Bertz CT molecular complexity index is 396. The van der Waals surface area contributed by atoms with Gasteiger partial charge in [0.25, 0.3) is 0 Å². The zero-order valence-electron chi connectivity index (χ0n) is 9.80. The molecule has 1 nitrogen and oxygen atoms in total. The normalized spacial score (nSPS) is 22.1. The van der Waals surface area contributed by atoms with Crippen LogP contribution in [0.5, 0.6) is 0 Å². The summed E-state index contributed by atoms with van der Waals surface area (Å²) in [6.07, 6.45) is -3.79. The third-order valence-electron chi connectivity index (χ3n) is 3.22. The highest BCUT2D eigenvalue weighted by molar-refractivity contribution is 5.26. The quantitative estimate of drug-likeness (QED) is 0.823. The van der Waals surface area contributed by atoms with E-state index in [0.717, 1.165) is 31.5 Å². The second-order valence-corrected chi connectivity index (χ2v) is 4.62. The van der Waals surface area contributed by atoms with Gasteiger partial charge in [-0.25, -0.2) is 4.39 Å². The molecule has 2 unspecified atom stereocenters. The molecule has 2 rings (SSSR count). The number of alkyl halides is 4. The van der Waals surface area contributed by atoms with Gasteiger partial charge in [0.15, 0.2) is 0 Å².